The number of hydrogen-bond acceptors (Lipinski definition) is 3. The van der Waals surface area contributed by atoms with Crippen LogP contribution in [0.3, 0.4) is 0 Å². The lowest BCUT2D eigenvalue weighted by Gasteiger charge is -2.10. The second-order valence-corrected chi connectivity index (χ2v) is 7.28. The smallest absolute Gasteiger partial charge is 0.274 e. The van der Waals surface area contributed by atoms with Crippen LogP contribution in [0.15, 0.2) is 79.4 Å². The highest BCUT2D eigenvalue weighted by molar-refractivity contribution is 6.05. The van der Waals surface area contributed by atoms with E-state index in [2.05, 4.69) is 32.4 Å². The van der Waals surface area contributed by atoms with Crippen molar-refractivity contribution in [1.82, 2.24) is 15.0 Å². The summed E-state index contributed by atoms with van der Waals surface area (Å²) in [6, 6.07) is 17.6. The number of hydrogen-bond donors (Lipinski definition) is 2. The summed E-state index contributed by atoms with van der Waals surface area (Å²) in [5, 5.41) is 3.00. The molecule has 1 fully saturated rings. The molecule has 0 unspecified atom stereocenters. The van der Waals surface area contributed by atoms with Crippen molar-refractivity contribution >= 4 is 11.6 Å². The lowest BCUT2D eigenvalue weighted by molar-refractivity contribution is 0.102. The summed E-state index contributed by atoms with van der Waals surface area (Å²) in [5.41, 5.74) is 6.17. The lowest BCUT2D eigenvalue weighted by Crippen LogP contribution is -2.14. The number of rotatable bonds is 5. The van der Waals surface area contributed by atoms with Gasteiger partial charge in [0, 0.05) is 58.8 Å². The average molecular weight is 380 g/mol. The van der Waals surface area contributed by atoms with Crippen LogP contribution >= 0.6 is 0 Å². The first-order valence-corrected chi connectivity index (χ1v) is 9.74. The number of H-pyrrole nitrogens is 1. The number of carbonyl (C=O) groups excluding carboxylic acids is 1. The number of carbonyl (C=O) groups is 1. The van der Waals surface area contributed by atoms with E-state index in [9.17, 15) is 4.79 Å². The van der Waals surface area contributed by atoms with E-state index >= 15 is 0 Å². The number of anilines is 1. The molecule has 0 aliphatic heterocycles. The summed E-state index contributed by atoms with van der Waals surface area (Å²) in [6.07, 6.45) is 9.78. The highest BCUT2D eigenvalue weighted by atomic mass is 16.1. The van der Waals surface area contributed by atoms with Crippen LogP contribution in [0.25, 0.3) is 22.3 Å². The van der Waals surface area contributed by atoms with Crippen molar-refractivity contribution in [3.8, 4) is 22.3 Å². The van der Waals surface area contributed by atoms with Gasteiger partial charge in [-0.2, -0.15) is 0 Å². The van der Waals surface area contributed by atoms with Crippen molar-refractivity contribution in [2.75, 3.05) is 5.32 Å². The van der Waals surface area contributed by atoms with E-state index in [1.54, 1.807) is 6.20 Å². The molecule has 5 heteroatoms. The number of aromatic nitrogens is 3. The van der Waals surface area contributed by atoms with Crippen LogP contribution in [0.5, 0.6) is 0 Å². The van der Waals surface area contributed by atoms with E-state index in [4.69, 9.17) is 0 Å². The van der Waals surface area contributed by atoms with Gasteiger partial charge in [-0.25, -0.2) is 0 Å². The molecule has 0 atom stereocenters. The fraction of sp³-hybridized carbons (Fsp3) is 0.125. The molecule has 0 radical (unpaired) electrons. The molecule has 4 aromatic rings. The fourth-order valence-electron chi connectivity index (χ4n) is 3.45. The van der Waals surface area contributed by atoms with Crippen LogP contribution in [-0.4, -0.2) is 20.9 Å². The Morgan fingerprint density at radius 1 is 0.966 bits per heavy atom. The Hall–Kier alpha value is -3.73. The van der Waals surface area contributed by atoms with E-state index in [1.165, 1.54) is 12.8 Å². The molecule has 1 aliphatic carbocycles. The van der Waals surface area contributed by atoms with Gasteiger partial charge in [0.15, 0.2) is 0 Å². The number of nitrogens with zero attached hydrogens (tertiary/aromatic N) is 2. The molecule has 1 aliphatic rings. The van der Waals surface area contributed by atoms with Crippen molar-refractivity contribution in [3.05, 3.63) is 90.8 Å². The predicted octanol–water partition coefficient (Wildman–Crippen LogP) is 5.27. The van der Waals surface area contributed by atoms with Crippen LogP contribution in [0.4, 0.5) is 5.69 Å². The molecule has 0 bridgehead atoms. The van der Waals surface area contributed by atoms with Crippen LogP contribution in [0.1, 0.15) is 34.9 Å². The molecule has 5 rings (SSSR count). The van der Waals surface area contributed by atoms with Crippen LogP contribution < -0.4 is 5.32 Å². The molecule has 1 saturated carbocycles. The molecule has 1 aromatic carbocycles. The van der Waals surface area contributed by atoms with Crippen molar-refractivity contribution in [1.29, 1.82) is 0 Å². The molecule has 5 nitrogen and oxygen atoms in total. The monoisotopic (exact) mass is 380 g/mol. The Labute approximate surface area is 168 Å². The number of pyridine rings is 2. The first kappa shape index (κ1) is 17.4. The van der Waals surface area contributed by atoms with Crippen molar-refractivity contribution in [3.63, 3.8) is 0 Å². The number of benzene rings is 1. The van der Waals surface area contributed by atoms with Crippen LogP contribution in [-0.2, 0) is 0 Å². The lowest BCUT2D eigenvalue weighted by atomic mass is 10.1. The molecule has 29 heavy (non-hydrogen) atoms. The molecular weight excluding hydrogens is 360 g/mol. The Balaban J connectivity index is 1.39. The molecule has 142 valence electrons. The minimum atomic E-state index is -0.239. The van der Waals surface area contributed by atoms with Gasteiger partial charge in [-0.15, -0.1) is 0 Å². The molecular formula is C24H20N4O. The summed E-state index contributed by atoms with van der Waals surface area (Å²) in [6.45, 7) is 0. The maximum atomic E-state index is 12.9. The van der Waals surface area contributed by atoms with Gasteiger partial charge in [-0.1, -0.05) is 24.3 Å². The maximum Gasteiger partial charge on any atom is 0.274 e. The Morgan fingerprint density at radius 3 is 2.62 bits per heavy atom. The fourth-order valence-corrected chi connectivity index (χ4v) is 3.45. The van der Waals surface area contributed by atoms with E-state index in [0.29, 0.717) is 11.6 Å². The van der Waals surface area contributed by atoms with Gasteiger partial charge in [-0.05, 0) is 48.7 Å². The summed E-state index contributed by atoms with van der Waals surface area (Å²) in [4.78, 5) is 24.8. The van der Waals surface area contributed by atoms with E-state index in [-0.39, 0.29) is 5.91 Å². The third-order valence-electron chi connectivity index (χ3n) is 5.19. The average Bonchev–Trinajstić information content (AvgIpc) is 3.48. The SMILES string of the molecule is O=C(Nc1ccccc1-c1cc[nH]c1)c1cc(-c2ccc(C3CC3)nc2)ccn1. The highest BCUT2D eigenvalue weighted by Crippen LogP contribution is 2.39. The van der Waals surface area contributed by atoms with Crippen LogP contribution in [0, 0.1) is 0 Å². The second-order valence-electron chi connectivity index (χ2n) is 7.28. The zero-order valence-corrected chi connectivity index (χ0v) is 15.8. The van der Waals surface area contributed by atoms with Gasteiger partial charge >= 0.3 is 0 Å². The normalized spacial score (nSPS) is 13.2. The number of para-hydroxylation sites is 1. The Kier molecular flexibility index (Phi) is 4.41. The third-order valence-corrected chi connectivity index (χ3v) is 5.19. The zero-order chi connectivity index (χ0) is 19.6. The first-order chi connectivity index (χ1) is 14.3. The topological polar surface area (TPSA) is 70.7 Å². The maximum absolute atomic E-state index is 12.9. The summed E-state index contributed by atoms with van der Waals surface area (Å²) in [7, 11) is 0. The summed E-state index contributed by atoms with van der Waals surface area (Å²) >= 11 is 0. The summed E-state index contributed by atoms with van der Waals surface area (Å²) < 4.78 is 0. The quantitative estimate of drug-likeness (QED) is 0.495. The predicted molar refractivity (Wildman–Crippen MR) is 114 cm³/mol. The number of aromatic amines is 1. The van der Waals surface area contributed by atoms with Gasteiger partial charge in [0.2, 0.25) is 0 Å². The zero-order valence-electron chi connectivity index (χ0n) is 15.8. The molecule has 3 aromatic heterocycles. The highest BCUT2D eigenvalue weighted by Gasteiger charge is 2.24. The minimum Gasteiger partial charge on any atom is -0.367 e. The molecule has 0 spiro atoms. The first-order valence-electron chi connectivity index (χ1n) is 9.74. The van der Waals surface area contributed by atoms with Gasteiger partial charge in [0.1, 0.15) is 5.69 Å². The second kappa shape index (κ2) is 7.36. The van der Waals surface area contributed by atoms with Gasteiger partial charge in [0.05, 0.1) is 0 Å². The van der Waals surface area contributed by atoms with Crippen LogP contribution in [0.2, 0.25) is 0 Å². The van der Waals surface area contributed by atoms with E-state index in [1.807, 2.05) is 61.1 Å². The molecule has 2 N–H and O–H groups in total. The Morgan fingerprint density at radius 2 is 1.86 bits per heavy atom. The van der Waals surface area contributed by atoms with Crippen molar-refractivity contribution in [2.45, 2.75) is 18.8 Å². The third kappa shape index (κ3) is 3.67. The molecule has 1 amide bonds. The molecule has 3 heterocycles. The largest absolute Gasteiger partial charge is 0.367 e. The van der Waals surface area contributed by atoms with Gasteiger partial charge in [0.25, 0.3) is 5.91 Å². The number of nitrogens with one attached hydrogen (secondary N) is 2. The Bertz CT molecular complexity index is 1150. The van der Waals surface area contributed by atoms with E-state index < -0.39 is 0 Å². The van der Waals surface area contributed by atoms with E-state index in [0.717, 1.165) is 33.6 Å². The number of amides is 1. The molecule has 0 saturated heterocycles. The standard InChI is InChI=1S/C24H20N4O/c29-24(28-22-4-2-1-3-20(22)19-9-11-25-14-19)23-13-17(10-12-26-23)18-7-8-21(27-15-18)16-5-6-16/h1-4,7-16,25H,5-6H2,(H,28,29). The summed E-state index contributed by atoms with van der Waals surface area (Å²) in [5.74, 6) is 0.389. The van der Waals surface area contributed by atoms with Crippen molar-refractivity contribution < 1.29 is 4.79 Å². The van der Waals surface area contributed by atoms with Gasteiger partial charge in [-0.3, -0.25) is 14.8 Å². The minimum absolute atomic E-state index is 0.239. The van der Waals surface area contributed by atoms with Gasteiger partial charge < -0.3 is 10.3 Å². The van der Waals surface area contributed by atoms with Crippen molar-refractivity contribution in [2.24, 2.45) is 0 Å².